The van der Waals surface area contributed by atoms with Crippen LogP contribution in [0.1, 0.15) is 25.6 Å². The van der Waals surface area contributed by atoms with Gasteiger partial charge in [-0.3, -0.25) is 14.1 Å². The molecule has 0 atom stereocenters. The van der Waals surface area contributed by atoms with Crippen molar-refractivity contribution in [3.63, 3.8) is 0 Å². The molecule has 188 valence electrons. The molecule has 36 heavy (non-hydrogen) atoms. The predicted molar refractivity (Wildman–Crippen MR) is 138 cm³/mol. The highest BCUT2D eigenvalue weighted by atomic mass is 32.2. The van der Waals surface area contributed by atoms with Crippen LogP contribution in [0, 0.1) is 0 Å². The maximum atomic E-state index is 13.8. The fourth-order valence-corrected chi connectivity index (χ4v) is 5.05. The molecule has 1 aromatic heterocycles. The molecular weight excluding hydrogens is 482 g/mol. The number of sulfonamides is 1. The number of para-hydroxylation sites is 1. The van der Waals surface area contributed by atoms with Gasteiger partial charge in [-0.2, -0.15) is 4.98 Å². The number of methoxy groups -OCH3 is 2. The van der Waals surface area contributed by atoms with Crippen LogP contribution in [0.15, 0.2) is 70.4 Å². The van der Waals surface area contributed by atoms with Gasteiger partial charge in [-0.15, -0.1) is 0 Å². The lowest BCUT2D eigenvalue weighted by Gasteiger charge is -2.19. The van der Waals surface area contributed by atoms with Crippen molar-refractivity contribution in [3.8, 4) is 23.1 Å². The molecule has 4 rings (SSSR count). The monoisotopic (exact) mass is 509 g/mol. The summed E-state index contributed by atoms with van der Waals surface area (Å²) in [7, 11) is -1.33. The van der Waals surface area contributed by atoms with Crippen molar-refractivity contribution >= 4 is 26.5 Å². The van der Waals surface area contributed by atoms with Gasteiger partial charge in [0, 0.05) is 6.42 Å². The van der Waals surface area contributed by atoms with Gasteiger partial charge in [-0.05, 0) is 41.5 Å². The van der Waals surface area contributed by atoms with Crippen molar-refractivity contribution in [2.75, 3.05) is 18.9 Å². The van der Waals surface area contributed by atoms with E-state index in [1.165, 1.54) is 30.9 Å². The number of rotatable bonds is 9. The van der Waals surface area contributed by atoms with Crippen molar-refractivity contribution in [2.24, 2.45) is 0 Å². The molecule has 0 fully saturated rings. The Bertz CT molecular complexity index is 1560. The fraction of sp³-hybridized carbons (Fsp3) is 0.231. The first-order chi connectivity index (χ1) is 17.3. The number of hydrogen-bond donors (Lipinski definition) is 2. The van der Waals surface area contributed by atoms with Crippen LogP contribution in [0.5, 0.6) is 17.4 Å². The summed E-state index contributed by atoms with van der Waals surface area (Å²) < 4.78 is 40.9. The number of unbranched alkanes of at least 4 members (excludes halogenated alkanes) is 1. The summed E-state index contributed by atoms with van der Waals surface area (Å²) in [5, 5.41) is 12.2. The molecule has 3 aromatic carbocycles. The molecule has 0 spiro atoms. The van der Waals surface area contributed by atoms with Crippen LogP contribution < -0.4 is 19.8 Å². The number of hydrogen-bond acceptors (Lipinski definition) is 7. The summed E-state index contributed by atoms with van der Waals surface area (Å²) in [6.45, 7) is 1.98. The summed E-state index contributed by atoms with van der Waals surface area (Å²) in [5.74, 6) is 0.187. The molecule has 0 unspecified atom stereocenters. The lowest BCUT2D eigenvalue weighted by Crippen LogP contribution is -2.29. The zero-order valence-corrected chi connectivity index (χ0v) is 21.0. The van der Waals surface area contributed by atoms with Gasteiger partial charge in [0.15, 0.2) is 5.69 Å². The first-order valence-electron chi connectivity index (χ1n) is 11.4. The predicted octanol–water partition coefficient (Wildman–Crippen LogP) is 4.25. The molecule has 1 heterocycles. The molecule has 0 saturated carbocycles. The number of nitrogens with zero attached hydrogens (tertiary/aromatic N) is 2. The topological polar surface area (TPSA) is 120 Å². The van der Waals surface area contributed by atoms with E-state index in [-0.39, 0.29) is 16.4 Å². The summed E-state index contributed by atoms with van der Waals surface area (Å²) in [5.41, 5.74) is -1.12. The van der Waals surface area contributed by atoms with Crippen LogP contribution in [0.25, 0.3) is 16.5 Å². The highest BCUT2D eigenvalue weighted by Crippen LogP contribution is 2.34. The number of anilines is 1. The molecule has 2 N–H and O–H groups in total. The zero-order valence-electron chi connectivity index (χ0n) is 20.2. The normalized spacial score (nSPS) is 11.4. The van der Waals surface area contributed by atoms with Gasteiger partial charge >= 0.3 is 0 Å². The van der Waals surface area contributed by atoms with Gasteiger partial charge in [-0.1, -0.05) is 49.7 Å². The summed E-state index contributed by atoms with van der Waals surface area (Å²) in [6.07, 6.45) is 1.86. The number of fused-ring (bicyclic) bond motifs is 1. The highest BCUT2D eigenvalue weighted by Gasteiger charge is 2.26. The van der Waals surface area contributed by atoms with E-state index in [1.807, 2.05) is 19.1 Å². The quantitative estimate of drug-likeness (QED) is 0.346. The Labute approximate surface area is 209 Å². The minimum absolute atomic E-state index is 0.0588. The fourth-order valence-electron chi connectivity index (χ4n) is 3.96. The third-order valence-corrected chi connectivity index (χ3v) is 7.13. The minimum Gasteiger partial charge on any atom is -0.494 e. The van der Waals surface area contributed by atoms with Gasteiger partial charge in [0.25, 0.3) is 15.6 Å². The Kier molecular flexibility index (Phi) is 7.16. The van der Waals surface area contributed by atoms with Gasteiger partial charge in [0.05, 0.1) is 19.1 Å². The Hall–Kier alpha value is -4.05. The van der Waals surface area contributed by atoms with E-state index in [9.17, 15) is 18.3 Å². The lowest BCUT2D eigenvalue weighted by molar-refractivity contribution is 0.388. The molecule has 0 aliphatic carbocycles. The smallest absolute Gasteiger partial charge is 0.286 e. The van der Waals surface area contributed by atoms with Crippen molar-refractivity contribution in [1.29, 1.82) is 0 Å². The van der Waals surface area contributed by atoms with Gasteiger partial charge in [0.2, 0.25) is 5.88 Å². The van der Waals surface area contributed by atoms with Gasteiger partial charge in [-0.25, -0.2) is 8.42 Å². The molecule has 0 saturated heterocycles. The molecule has 4 aromatic rings. The molecule has 9 nitrogen and oxygen atoms in total. The number of benzene rings is 3. The second-order valence-corrected chi connectivity index (χ2v) is 9.78. The molecular formula is C26H27N3O6S. The molecule has 0 amide bonds. The van der Waals surface area contributed by atoms with Crippen LogP contribution in [-0.2, 0) is 16.4 Å². The standard InChI is InChI=1S/C26H27N3O6S/c1-4-5-13-22-27-25(30)23(26(31)29(22)24-20(34-2)11-8-12-21(24)35-3)28-36(32,33)19-15-14-17-9-6-7-10-18(17)16-19/h6-12,14-16,28,30H,4-5,13H2,1-3H3. The van der Waals surface area contributed by atoms with Crippen LogP contribution in [0.2, 0.25) is 0 Å². The van der Waals surface area contributed by atoms with Crippen LogP contribution in [0.4, 0.5) is 5.69 Å². The van der Waals surface area contributed by atoms with Crippen LogP contribution in [-0.4, -0.2) is 37.3 Å². The van der Waals surface area contributed by atoms with Crippen LogP contribution >= 0.6 is 0 Å². The number of aryl methyl sites for hydroxylation is 1. The average Bonchev–Trinajstić information content (AvgIpc) is 2.89. The first kappa shape index (κ1) is 25.1. The van der Waals surface area contributed by atoms with Crippen molar-refractivity contribution < 1.29 is 23.0 Å². The van der Waals surface area contributed by atoms with Gasteiger partial charge in [0.1, 0.15) is 23.0 Å². The Morgan fingerprint density at radius 1 is 0.972 bits per heavy atom. The number of ether oxygens (including phenoxy) is 2. The van der Waals surface area contributed by atoms with E-state index in [4.69, 9.17) is 9.47 Å². The van der Waals surface area contributed by atoms with E-state index >= 15 is 0 Å². The second kappa shape index (κ2) is 10.3. The van der Waals surface area contributed by atoms with E-state index < -0.39 is 27.1 Å². The van der Waals surface area contributed by atoms with E-state index in [0.29, 0.717) is 29.7 Å². The summed E-state index contributed by atoms with van der Waals surface area (Å²) >= 11 is 0. The largest absolute Gasteiger partial charge is 0.494 e. The summed E-state index contributed by atoms with van der Waals surface area (Å²) in [4.78, 5) is 17.9. The second-order valence-electron chi connectivity index (χ2n) is 8.10. The zero-order chi connectivity index (χ0) is 25.9. The van der Waals surface area contributed by atoms with Crippen molar-refractivity contribution in [1.82, 2.24) is 9.55 Å². The molecule has 10 heteroatoms. The molecule has 0 aliphatic heterocycles. The van der Waals surface area contributed by atoms with Crippen molar-refractivity contribution in [2.45, 2.75) is 31.1 Å². The van der Waals surface area contributed by atoms with Crippen molar-refractivity contribution in [3.05, 3.63) is 76.8 Å². The highest BCUT2D eigenvalue weighted by molar-refractivity contribution is 7.92. The van der Waals surface area contributed by atoms with E-state index in [2.05, 4.69) is 9.71 Å². The first-order valence-corrected chi connectivity index (χ1v) is 12.9. The number of aromatic nitrogens is 2. The van der Waals surface area contributed by atoms with Crippen LogP contribution in [0.3, 0.4) is 0 Å². The molecule has 0 aliphatic rings. The average molecular weight is 510 g/mol. The molecule has 0 bridgehead atoms. The van der Waals surface area contributed by atoms with E-state index in [0.717, 1.165) is 11.8 Å². The van der Waals surface area contributed by atoms with Gasteiger partial charge < -0.3 is 14.6 Å². The summed E-state index contributed by atoms with van der Waals surface area (Å²) in [6, 6.07) is 16.9. The third-order valence-electron chi connectivity index (χ3n) is 5.78. The molecule has 0 radical (unpaired) electrons. The Morgan fingerprint density at radius 3 is 2.28 bits per heavy atom. The Morgan fingerprint density at radius 2 is 1.64 bits per heavy atom. The minimum atomic E-state index is -4.24. The number of aromatic hydroxyl groups is 1. The Balaban J connectivity index is 1.90. The maximum Gasteiger partial charge on any atom is 0.286 e. The third kappa shape index (κ3) is 4.72. The van der Waals surface area contributed by atoms with E-state index in [1.54, 1.807) is 36.4 Å². The number of nitrogens with one attached hydrogen (secondary N) is 1. The lowest BCUT2D eigenvalue weighted by atomic mass is 10.1. The maximum absolute atomic E-state index is 13.8. The SMILES string of the molecule is CCCCc1nc(O)c(NS(=O)(=O)c2ccc3ccccc3c2)c(=O)n1-c1c(OC)cccc1OC.